The van der Waals surface area contributed by atoms with Crippen molar-refractivity contribution in [1.29, 1.82) is 0 Å². The number of fused-ring (bicyclic) bond motifs is 1. The van der Waals surface area contributed by atoms with Gasteiger partial charge in [0.2, 0.25) is 0 Å². The summed E-state index contributed by atoms with van der Waals surface area (Å²) < 4.78 is 5.52. The average molecular weight is 295 g/mol. The third kappa shape index (κ3) is 1.70. The zero-order valence-corrected chi connectivity index (χ0v) is 13.9. The highest BCUT2D eigenvalue weighted by Gasteiger charge is 2.54. The molecule has 2 aliphatic carbocycles. The molecule has 3 unspecified atom stereocenters. The first-order valence-corrected chi connectivity index (χ1v) is 8.30. The minimum atomic E-state index is 0.124. The number of likely N-dealkylation sites (N-methyl/N-ethyl adjacent to an activating group) is 1. The third-order valence-corrected chi connectivity index (χ3v) is 6.28. The van der Waals surface area contributed by atoms with Gasteiger partial charge in [0, 0.05) is 11.5 Å². The number of benzene rings is 1. The number of likely N-dealkylation sites (tertiary alicyclic amines) is 1. The minimum absolute atomic E-state index is 0.124. The Kier molecular flexibility index (Phi) is 3.02. The fourth-order valence-electron chi connectivity index (χ4n) is 5.19. The van der Waals surface area contributed by atoms with Gasteiger partial charge in [0.1, 0.15) is 5.75 Å². The van der Waals surface area contributed by atoms with Gasteiger partial charge in [-0.15, -0.1) is 0 Å². The summed E-state index contributed by atoms with van der Waals surface area (Å²) in [5.74, 6) is 1.63. The van der Waals surface area contributed by atoms with Crippen molar-refractivity contribution in [2.45, 2.75) is 37.6 Å². The maximum absolute atomic E-state index is 5.52. The second kappa shape index (κ2) is 4.73. The van der Waals surface area contributed by atoms with Crippen LogP contribution >= 0.6 is 0 Å². The van der Waals surface area contributed by atoms with E-state index in [2.05, 4.69) is 49.7 Å². The van der Waals surface area contributed by atoms with Crippen LogP contribution in [0.3, 0.4) is 0 Å². The molecule has 1 aromatic carbocycles. The highest BCUT2D eigenvalue weighted by Crippen LogP contribution is 2.57. The highest BCUT2D eigenvalue weighted by molar-refractivity contribution is 5.54. The predicted octanol–water partition coefficient (Wildman–Crippen LogP) is 3.72. The standard InChI is InChI=1S/C20H25NO/c1-13-9-14(2)20-7-8-21(3)19(18(20)10-13)11-15-5-6-16(22-4)12-17(15)20/h5-6,9,12,18-19H,2,7-8,10-11H2,1,3-4H3. The van der Waals surface area contributed by atoms with Crippen LogP contribution in [0.2, 0.25) is 0 Å². The van der Waals surface area contributed by atoms with Crippen molar-refractivity contribution in [2.75, 3.05) is 20.7 Å². The van der Waals surface area contributed by atoms with Crippen LogP contribution in [0.15, 0.2) is 42.0 Å². The second-order valence-electron chi connectivity index (χ2n) is 7.32. The molecule has 116 valence electrons. The van der Waals surface area contributed by atoms with Crippen LogP contribution in [-0.2, 0) is 11.8 Å². The number of hydrogen-bond donors (Lipinski definition) is 0. The molecule has 0 radical (unpaired) electrons. The van der Waals surface area contributed by atoms with Gasteiger partial charge in [-0.05, 0) is 74.5 Å². The molecule has 0 aromatic heterocycles. The van der Waals surface area contributed by atoms with Crippen molar-refractivity contribution in [3.63, 3.8) is 0 Å². The lowest BCUT2D eigenvalue weighted by Gasteiger charge is -2.58. The molecular weight excluding hydrogens is 270 g/mol. The van der Waals surface area contributed by atoms with Gasteiger partial charge in [0.25, 0.3) is 0 Å². The zero-order chi connectivity index (χ0) is 15.5. The van der Waals surface area contributed by atoms with E-state index in [0.717, 1.165) is 18.7 Å². The highest BCUT2D eigenvalue weighted by atomic mass is 16.5. The van der Waals surface area contributed by atoms with Crippen LogP contribution in [0.25, 0.3) is 0 Å². The Bertz CT molecular complexity index is 674. The number of nitrogens with zero attached hydrogens (tertiary/aromatic N) is 1. The number of ether oxygens (including phenoxy) is 1. The normalized spacial score (nSPS) is 33.8. The van der Waals surface area contributed by atoms with Crippen LogP contribution in [0.5, 0.6) is 5.75 Å². The van der Waals surface area contributed by atoms with Crippen molar-refractivity contribution in [2.24, 2.45) is 5.92 Å². The smallest absolute Gasteiger partial charge is 0.119 e. The number of hydrogen-bond acceptors (Lipinski definition) is 2. The number of rotatable bonds is 1. The topological polar surface area (TPSA) is 12.5 Å². The van der Waals surface area contributed by atoms with Crippen molar-refractivity contribution < 1.29 is 4.74 Å². The van der Waals surface area contributed by atoms with Crippen molar-refractivity contribution >= 4 is 0 Å². The Labute approximate surface area is 133 Å². The van der Waals surface area contributed by atoms with Crippen molar-refractivity contribution in [3.05, 3.63) is 53.1 Å². The molecule has 1 saturated heterocycles. The van der Waals surface area contributed by atoms with Crippen LogP contribution in [-0.4, -0.2) is 31.6 Å². The molecule has 2 heteroatoms. The molecule has 1 aliphatic heterocycles. The van der Waals surface area contributed by atoms with E-state index in [1.165, 1.54) is 35.1 Å². The lowest BCUT2D eigenvalue weighted by Crippen LogP contribution is -2.60. The van der Waals surface area contributed by atoms with Crippen molar-refractivity contribution in [1.82, 2.24) is 4.90 Å². The fourth-order valence-corrected chi connectivity index (χ4v) is 5.19. The van der Waals surface area contributed by atoms with E-state index in [4.69, 9.17) is 4.74 Å². The van der Waals surface area contributed by atoms with Gasteiger partial charge in [-0.1, -0.05) is 24.3 Å². The molecule has 2 nitrogen and oxygen atoms in total. The van der Waals surface area contributed by atoms with Gasteiger partial charge in [-0.3, -0.25) is 0 Å². The summed E-state index contributed by atoms with van der Waals surface area (Å²) in [5.41, 5.74) is 5.89. The monoisotopic (exact) mass is 295 g/mol. The molecule has 0 N–H and O–H groups in total. The van der Waals surface area contributed by atoms with Crippen LogP contribution in [0, 0.1) is 5.92 Å². The predicted molar refractivity (Wildman–Crippen MR) is 90.4 cm³/mol. The van der Waals surface area contributed by atoms with Gasteiger partial charge >= 0.3 is 0 Å². The summed E-state index contributed by atoms with van der Waals surface area (Å²) in [5, 5.41) is 0. The summed E-state index contributed by atoms with van der Waals surface area (Å²) in [6.07, 6.45) is 5.87. The molecule has 3 atom stereocenters. The van der Waals surface area contributed by atoms with Crippen LogP contribution in [0.4, 0.5) is 0 Å². The van der Waals surface area contributed by atoms with E-state index in [1.807, 2.05) is 0 Å². The Morgan fingerprint density at radius 1 is 1.32 bits per heavy atom. The Hall–Kier alpha value is -1.54. The van der Waals surface area contributed by atoms with E-state index < -0.39 is 0 Å². The Morgan fingerprint density at radius 3 is 2.91 bits per heavy atom. The number of allylic oxidation sites excluding steroid dienone is 3. The molecule has 1 heterocycles. The summed E-state index contributed by atoms with van der Waals surface area (Å²) in [7, 11) is 4.05. The zero-order valence-electron chi connectivity index (χ0n) is 13.9. The summed E-state index contributed by atoms with van der Waals surface area (Å²) in [4.78, 5) is 2.57. The van der Waals surface area contributed by atoms with Gasteiger partial charge in [-0.25, -0.2) is 0 Å². The van der Waals surface area contributed by atoms with E-state index in [1.54, 1.807) is 7.11 Å². The molecule has 1 fully saturated rings. The average Bonchev–Trinajstić information content (AvgIpc) is 2.50. The van der Waals surface area contributed by atoms with Gasteiger partial charge in [-0.2, -0.15) is 0 Å². The molecule has 3 aliphatic rings. The lowest BCUT2D eigenvalue weighted by molar-refractivity contribution is 0.0472. The number of piperidine rings is 1. The molecule has 22 heavy (non-hydrogen) atoms. The first-order chi connectivity index (χ1) is 10.6. The third-order valence-electron chi connectivity index (χ3n) is 6.28. The van der Waals surface area contributed by atoms with Gasteiger partial charge in [0.15, 0.2) is 0 Å². The molecule has 2 bridgehead atoms. The molecule has 0 amide bonds. The Morgan fingerprint density at radius 2 is 2.14 bits per heavy atom. The minimum Gasteiger partial charge on any atom is -0.497 e. The largest absolute Gasteiger partial charge is 0.497 e. The number of methoxy groups -OCH3 is 1. The molecular formula is C20H25NO. The molecule has 0 saturated carbocycles. The van der Waals surface area contributed by atoms with E-state index in [0.29, 0.717) is 12.0 Å². The van der Waals surface area contributed by atoms with E-state index in [9.17, 15) is 0 Å². The molecule has 4 rings (SSSR count). The maximum atomic E-state index is 5.52. The van der Waals surface area contributed by atoms with Crippen LogP contribution in [0.1, 0.15) is 30.9 Å². The lowest BCUT2D eigenvalue weighted by atomic mass is 9.51. The van der Waals surface area contributed by atoms with E-state index in [-0.39, 0.29) is 5.41 Å². The SMILES string of the molecule is C=C1C=C(C)CC2C3Cc4ccc(OC)cc4C12CCN3C. The summed E-state index contributed by atoms with van der Waals surface area (Å²) >= 11 is 0. The van der Waals surface area contributed by atoms with E-state index >= 15 is 0 Å². The fraction of sp³-hybridized carbons (Fsp3) is 0.500. The Balaban J connectivity index is 1.96. The van der Waals surface area contributed by atoms with Crippen molar-refractivity contribution in [3.8, 4) is 5.75 Å². The first kappa shape index (κ1) is 14.1. The first-order valence-electron chi connectivity index (χ1n) is 8.30. The maximum Gasteiger partial charge on any atom is 0.119 e. The molecule has 1 aromatic rings. The summed E-state index contributed by atoms with van der Waals surface area (Å²) in [6.45, 7) is 7.92. The second-order valence-corrected chi connectivity index (χ2v) is 7.32. The van der Waals surface area contributed by atoms with Gasteiger partial charge < -0.3 is 9.64 Å². The van der Waals surface area contributed by atoms with Gasteiger partial charge in [0.05, 0.1) is 7.11 Å². The molecule has 0 spiro atoms. The summed E-state index contributed by atoms with van der Waals surface area (Å²) in [6, 6.07) is 7.30. The quantitative estimate of drug-likeness (QED) is 0.783. The van der Waals surface area contributed by atoms with Crippen LogP contribution < -0.4 is 4.74 Å².